The zero-order chi connectivity index (χ0) is 26.4. The minimum Gasteiger partial charge on any atom is -0.497 e. The van der Waals surface area contributed by atoms with E-state index in [2.05, 4.69) is 20.1 Å². The second kappa shape index (κ2) is 9.36. The Balaban J connectivity index is 1.40. The van der Waals surface area contributed by atoms with Crippen LogP contribution in [0.15, 0.2) is 66.7 Å². The zero-order valence-corrected chi connectivity index (χ0v) is 21.0. The van der Waals surface area contributed by atoms with Crippen LogP contribution >= 0.6 is 11.6 Å². The van der Waals surface area contributed by atoms with Crippen molar-refractivity contribution in [2.45, 2.75) is 6.18 Å². The van der Waals surface area contributed by atoms with Gasteiger partial charge in [-0.25, -0.2) is 4.98 Å². The lowest BCUT2D eigenvalue weighted by molar-refractivity contribution is -0.137. The van der Waals surface area contributed by atoms with Crippen LogP contribution in [0.25, 0.3) is 27.8 Å². The maximum absolute atomic E-state index is 13.4. The lowest BCUT2D eigenvalue weighted by atomic mass is 10.1. The minimum absolute atomic E-state index is 0.283. The van der Waals surface area contributed by atoms with E-state index in [0.717, 1.165) is 47.6 Å². The van der Waals surface area contributed by atoms with Gasteiger partial charge in [0.15, 0.2) is 5.65 Å². The van der Waals surface area contributed by atoms with E-state index in [1.165, 1.54) is 6.07 Å². The van der Waals surface area contributed by atoms with Crippen LogP contribution in [0.5, 0.6) is 5.75 Å². The number of nitrogens with zero attached hydrogens (tertiary/aromatic N) is 6. The van der Waals surface area contributed by atoms with Gasteiger partial charge in [-0.3, -0.25) is 0 Å². The van der Waals surface area contributed by atoms with Gasteiger partial charge in [0, 0.05) is 47.8 Å². The Kier molecular flexibility index (Phi) is 5.98. The monoisotopic (exact) mass is 538 g/mol. The Morgan fingerprint density at radius 2 is 1.63 bits per heavy atom. The molecule has 3 heterocycles. The van der Waals surface area contributed by atoms with Gasteiger partial charge in [0.1, 0.15) is 17.3 Å². The summed E-state index contributed by atoms with van der Waals surface area (Å²) >= 11 is 6.35. The van der Waals surface area contributed by atoms with Crippen molar-refractivity contribution in [3.8, 4) is 17.0 Å². The highest BCUT2D eigenvalue weighted by Crippen LogP contribution is 2.35. The van der Waals surface area contributed by atoms with Gasteiger partial charge in [-0.1, -0.05) is 28.9 Å². The number of benzene rings is 3. The summed E-state index contributed by atoms with van der Waals surface area (Å²) in [7, 11) is 1.64. The Hall–Kier alpha value is -4.05. The van der Waals surface area contributed by atoms with Gasteiger partial charge in [-0.05, 0) is 54.6 Å². The predicted octanol–water partition coefficient (Wildman–Crippen LogP) is 5.95. The molecule has 194 valence electrons. The summed E-state index contributed by atoms with van der Waals surface area (Å²) in [6.45, 7) is 2.91. The molecule has 5 aromatic rings. The normalized spacial score (nSPS) is 14.4. The van der Waals surface area contributed by atoms with Crippen LogP contribution in [0, 0.1) is 0 Å². The molecule has 38 heavy (non-hydrogen) atoms. The average molecular weight is 539 g/mol. The maximum atomic E-state index is 13.4. The molecule has 0 aliphatic carbocycles. The fourth-order valence-corrected chi connectivity index (χ4v) is 4.98. The Morgan fingerprint density at radius 1 is 0.895 bits per heavy atom. The summed E-state index contributed by atoms with van der Waals surface area (Å²) in [6.07, 6.45) is -4.47. The number of hydrogen-bond donors (Lipinski definition) is 0. The average Bonchev–Trinajstić information content (AvgIpc) is 3.36. The molecule has 11 heteroatoms. The van der Waals surface area contributed by atoms with E-state index < -0.39 is 11.7 Å². The number of piperazine rings is 1. The smallest absolute Gasteiger partial charge is 0.416 e. The molecule has 0 bridgehead atoms. The van der Waals surface area contributed by atoms with Crippen molar-refractivity contribution in [3.63, 3.8) is 0 Å². The van der Waals surface area contributed by atoms with E-state index in [1.807, 2.05) is 36.4 Å². The van der Waals surface area contributed by atoms with Crippen molar-refractivity contribution in [2.75, 3.05) is 43.1 Å². The highest BCUT2D eigenvalue weighted by molar-refractivity contribution is 6.31. The number of anilines is 2. The molecule has 6 rings (SSSR count). The van der Waals surface area contributed by atoms with Crippen LogP contribution in [0.1, 0.15) is 5.56 Å². The molecule has 7 nitrogen and oxygen atoms in total. The minimum atomic E-state index is -4.47. The van der Waals surface area contributed by atoms with Crippen LogP contribution in [-0.4, -0.2) is 53.1 Å². The zero-order valence-electron chi connectivity index (χ0n) is 20.3. The molecule has 0 spiro atoms. The van der Waals surface area contributed by atoms with Crippen molar-refractivity contribution in [2.24, 2.45) is 0 Å². The molecule has 0 unspecified atom stereocenters. The molecular weight excluding hydrogens is 517 g/mol. The van der Waals surface area contributed by atoms with Crippen molar-refractivity contribution >= 4 is 39.7 Å². The first kappa shape index (κ1) is 24.3. The standard InChI is InChI=1S/C27H22ClF3N6O/c1-38-21-8-6-20(7-9-21)35-11-13-36(14-12-35)25-22-16-19(28)5-10-23(22)37-26(32-25)24(33-34-37)17-3-2-4-18(15-17)27(29,30)31/h2-10,15-16H,11-14H2,1H3. The molecule has 0 radical (unpaired) electrons. The van der Waals surface area contributed by atoms with E-state index >= 15 is 0 Å². The third-order valence-electron chi connectivity index (χ3n) is 6.77. The number of halogens is 4. The third-order valence-corrected chi connectivity index (χ3v) is 7.00. The van der Waals surface area contributed by atoms with Crippen molar-refractivity contribution in [1.82, 2.24) is 19.8 Å². The summed E-state index contributed by atoms with van der Waals surface area (Å²) in [5.41, 5.74) is 2.04. The number of fused-ring (bicyclic) bond motifs is 3. The molecule has 1 aliphatic rings. The molecule has 0 saturated carbocycles. The first-order chi connectivity index (χ1) is 18.3. The summed E-state index contributed by atoms with van der Waals surface area (Å²) < 4.78 is 47.0. The number of methoxy groups -OCH3 is 1. The Labute approximate surface area is 221 Å². The number of ether oxygens (including phenoxy) is 1. The highest BCUT2D eigenvalue weighted by atomic mass is 35.5. The molecule has 3 aromatic carbocycles. The fourth-order valence-electron chi connectivity index (χ4n) is 4.81. The fraction of sp³-hybridized carbons (Fsp3) is 0.222. The second-order valence-corrected chi connectivity index (χ2v) is 9.46. The number of hydrogen-bond acceptors (Lipinski definition) is 6. The molecule has 1 aliphatic heterocycles. The topological polar surface area (TPSA) is 58.8 Å². The summed E-state index contributed by atoms with van der Waals surface area (Å²) in [5, 5.41) is 9.81. The second-order valence-electron chi connectivity index (χ2n) is 9.02. The largest absolute Gasteiger partial charge is 0.497 e. The Bertz CT molecular complexity index is 1630. The summed E-state index contributed by atoms with van der Waals surface area (Å²) in [4.78, 5) is 9.36. The van der Waals surface area contributed by atoms with E-state index in [4.69, 9.17) is 21.3 Å². The van der Waals surface area contributed by atoms with E-state index in [1.54, 1.807) is 23.8 Å². The van der Waals surface area contributed by atoms with Crippen LogP contribution in [-0.2, 0) is 6.18 Å². The van der Waals surface area contributed by atoms with Crippen LogP contribution in [0.2, 0.25) is 5.02 Å². The van der Waals surface area contributed by atoms with Gasteiger partial charge >= 0.3 is 6.18 Å². The lowest BCUT2D eigenvalue weighted by Gasteiger charge is -2.37. The first-order valence-electron chi connectivity index (χ1n) is 12.0. The molecular formula is C27H22ClF3N6O. The molecule has 0 amide bonds. The van der Waals surface area contributed by atoms with Gasteiger partial charge < -0.3 is 14.5 Å². The lowest BCUT2D eigenvalue weighted by Crippen LogP contribution is -2.47. The molecule has 0 N–H and O–H groups in total. The van der Waals surface area contributed by atoms with Gasteiger partial charge in [0.2, 0.25) is 0 Å². The molecule has 1 saturated heterocycles. The van der Waals surface area contributed by atoms with Crippen molar-refractivity contribution in [3.05, 3.63) is 77.3 Å². The number of rotatable bonds is 4. The molecule has 2 aromatic heterocycles. The Morgan fingerprint density at radius 3 is 2.34 bits per heavy atom. The predicted molar refractivity (Wildman–Crippen MR) is 141 cm³/mol. The molecule has 1 fully saturated rings. The number of alkyl halides is 3. The van der Waals surface area contributed by atoms with Crippen molar-refractivity contribution in [1.29, 1.82) is 0 Å². The third kappa shape index (κ3) is 4.34. The van der Waals surface area contributed by atoms with Crippen LogP contribution in [0.4, 0.5) is 24.7 Å². The highest BCUT2D eigenvalue weighted by Gasteiger charge is 2.31. The van der Waals surface area contributed by atoms with Gasteiger partial charge in [0.05, 0.1) is 18.2 Å². The van der Waals surface area contributed by atoms with Gasteiger partial charge in [-0.2, -0.15) is 17.7 Å². The van der Waals surface area contributed by atoms with Crippen LogP contribution in [0.3, 0.4) is 0 Å². The van der Waals surface area contributed by atoms with E-state index in [-0.39, 0.29) is 5.69 Å². The van der Waals surface area contributed by atoms with Gasteiger partial charge in [-0.15, -0.1) is 5.10 Å². The summed E-state index contributed by atoms with van der Waals surface area (Å²) in [5.74, 6) is 1.50. The molecule has 0 atom stereocenters. The van der Waals surface area contributed by atoms with E-state index in [0.29, 0.717) is 35.1 Å². The summed E-state index contributed by atoms with van der Waals surface area (Å²) in [6, 6.07) is 18.4. The van der Waals surface area contributed by atoms with Crippen molar-refractivity contribution < 1.29 is 17.9 Å². The van der Waals surface area contributed by atoms with Crippen LogP contribution < -0.4 is 14.5 Å². The quantitative estimate of drug-likeness (QED) is 0.282. The van der Waals surface area contributed by atoms with E-state index in [9.17, 15) is 13.2 Å². The first-order valence-corrected chi connectivity index (χ1v) is 12.4. The van der Waals surface area contributed by atoms with Gasteiger partial charge in [0.25, 0.3) is 0 Å². The number of aromatic nitrogens is 4. The maximum Gasteiger partial charge on any atom is 0.416 e. The SMILES string of the molecule is COc1ccc(N2CCN(c3nc4c(-c5cccc(C(F)(F)F)c5)nnn4c4ccc(Cl)cc34)CC2)cc1.